The summed E-state index contributed by atoms with van der Waals surface area (Å²) >= 11 is 5.88. The van der Waals surface area contributed by atoms with Crippen LogP contribution >= 0.6 is 11.6 Å². The Balaban J connectivity index is 1.64. The van der Waals surface area contributed by atoms with Gasteiger partial charge < -0.3 is 19.5 Å². The smallest absolute Gasteiger partial charge is 0.261 e. The van der Waals surface area contributed by atoms with Crippen LogP contribution in [0.15, 0.2) is 42.5 Å². The molecular formula is C20H22ClNO4. The molecule has 0 saturated carbocycles. The number of carbonyl (C=O) groups is 1. The first-order valence-corrected chi connectivity index (χ1v) is 9.06. The first kappa shape index (κ1) is 18.4. The van der Waals surface area contributed by atoms with Gasteiger partial charge in [0.2, 0.25) is 0 Å². The number of hydrogen-bond donors (Lipinski definition) is 1. The van der Waals surface area contributed by atoms with E-state index in [4.69, 9.17) is 25.8 Å². The fourth-order valence-electron chi connectivity index (χ4n) is 2.72. The number of nitrogens with one attached hydrogen (secondary N) is 1. The molecule has 2 aromatic rings. The molecule has 0 radical (unpaired) electrons. The van der Waals surface area contributed by atoms with Gasteiger partial charge in [-0.3, -0.25) is 4.79 Å². The Morgan fingerprint density at radius 2 is 1.85 bits per heavy atom. The summed E-state index contributed by atoms with van der Waals surface area (Å²) < 4.78 is 16.9. The SMILES string of the molecule is CCC(Oc1ccc(Cl)cc1)C(=O)NC(C)c1ccc2c(c1)OCCO2. The molecule has 138 valence electrons. The monoisotopic (exact) mass is 375 g/mol. The highest BCUT2D eigenvalue weighted by Crippen LogP contribution is 2.32. The molecule has 0 saturated heterocycles. The molecule has 1 heterocycles. The van der Waals surface area contributed by atoms with E-state index in [-0.39, 0.29) is 11.9 Å². The molecule has 0 aliphatic carbocycles. The van der Waals surface area contributed by atoms with Gasteiger partial charge in [-0.1, -0.05) is 24.6 Å². The van der Waals surface area contributed by atoms with Gasteiger partial charge in [-0.05, 0) is 55.3 Å². The third-order valence-electron chi connectivity index (χ3n) is 4.18. The van der Waals surface area contributed by atoms with Crippen molar-refractivity contribution in [3.8, 4) is 17.2 Å². The summed E-state index contributed by atoms with van der Waals surface area (Å²) in [4.78, 5) is 12.6. The highest BCUT2D eigenvalue weighted by atomic mass is 35.5. The number of carbonyl (C=O) groups excluding carboxylic acids is 1. The van der Waals surface area contributed by atoms with Crippen molar-refractivity contribution in [2.45, 2.75) is 32.4 Å². The number of amides is 1. The largest absolute Gasteiger partial charge is 0.486 e. The van der Waals surface area contributed by atoms with E-state index in [1.807, 2.05) is 32.0 Å². The van der Waals surface area contributed by atoms with Crippen LogP contribution in [0.5, 0.6) is 17.2 Å². The van der Waals surface area contributed by atoms with Crippen LogP contribution in [0.4, 0.5) is 0 Å². The normalized spacial score (nSPS) is 15.0. The molecule has 1 amide bonds. The van der Waals surface area contributed by atoms with Crippen LogP contribution < -0.4 is 19.5 Å². The minimum absolute atomic E-state index is 0.162. The Morgan fingerprint density at radius 1 is 1.15 bits per heavy atom. The maximum absolute atomic E-state index is 12.6. The zero-order valence-corrected chi connectivity index (χ0v) is 15.6. The molecule has 2 atom stereocenters. The van der Waals surface area contributed by atoms with E-state index >= 15 is 0 Å². The Labute approximate surface area is 158 Å². The predicted octanol–water partition coefficient (Wildman–Crippen LogP) is 4.15. The van der Waals surface area contributed by atoms with Crippen molar-refractivity contribution in [3.63, 3.8) is 0 Å². The number of hydrogen-bond acceptors (Lipinski definition) is 4. The van der Waals surface area contributed by atoms with Gasteiger partial charge in [0.1, 0.15) is 19.0 Å². The number of ether oxygens (including phenoxy) is 3. The van der Waals surface area contributed by atoms with Gasteiger partial charge in [0.15, 0.2) is 17.6 Å². The molecule has 0 bridgehead atoms. The van der Waals surface area contributed by atoms with Crippen molar-refractivity contribution in [1.29, 1.82) is 0 Å². The van der Waals surface area contributed by atoms with Crippen LogP contribution in [0, 0.1) is 0 Å². The average molecular weight is 376 g/mol. The average Bonchev–Trinajstić information content (AvgIpc) is 2.67. The van der Waals surface area contributed by atoms with Gasteiger partial charge in [-0.15, -0.1) is 0 Å². The number of benzene rings is 2. The Bertz CT molecular complexity index is 763. The molecule has 2 aromatic carbocycles. The van der Waals surface area contributed by atoms with Crippen molar-refractivity contribution < 1.29 is 19.0 Å². The summed E-state index contributed by atoms with van der Waals surface area (Å²) in [6.07, 6.45) is -0.0154. The van der Waals surface area contributed by atoms with E-state index in [0.29, 0.717) is 36.2 Å². The Hall–Kier alpha value is -2.40. The molecule has 1 N–H and O–H groups in total. The van der Waals surface area contributed by atoms with E-state index in [1.54, 1.807) is 24.3 Å². The lowest BCUT2D eigenvalue weighted by Crippen LogP contribution is -2.39. The number of rotatable bonds is 6. The van der Waals surface area contributed by atoms with Crippen molar-refractivity contribution in [1.82, 2.24) is 5.32 Å². The molecule has 0 fully saturated rings. The highest BCUT2D eigenvalue weighted by Gasteiger charge is 2.22. The molecule has 6 heteroatoms. The summed E-state index contributed by atoms with van der Waals surface area (Å²) in [5, 5.41) is 3.63. The number of fused-ring (bicyclic) bond motifs is 1. The molecule has 1 aliphatic rings. The van der Waals surface area contributed by atoms with Crippen LogP contribution in [0.1, 0.15) is 31.9 Å². The fraction of sp³-hybridized carbons (Fsp3) is 0.350. The Morgan fingerprint density at radius 3 is 2.54 bits per heavy atom. The van der Waals surface area contributed by atoms with Crippen molar-refractivity contribution in [2.24, 2.45) is 0 Å². The zero-order chi connectivity index (χ0) is 18.5. The first-order valence-electron chi connectivity index (χ1n) is 8.69. The minimum atomic E-state index is -0.573. The van der Waals surface area contributed by atoms with E-state index in [0.717, 1.165) is 11.3 Å². The van der Waals surface area contributed by atoms with Gasteiger partial charge in [-0.2, -0.15) is 0 Å². The molecule has 2 unspecified atom stereocenters. The number of halogens is 1. The van der Waals surface area contributed by atoms with Crippen LogP contribution in [-0.4, -0.2) is 25.2 Å². The molecule has 0 aromatic heterocycles. The van der Waals surface area contributed by atoms with Gasteiger partial charge in [0.25, 0.3) is 5.91 Å². The van der Waals surface area contributed by atoms with E-state index in [2.05, 4.69) is 5.32 Å². The van der Waals surface area contributed by atoms with Gasteiger partial charge in [0, 0.05) is 5.02 Å². The van der Waals surface area contributed by atoms with Crippen LogP contribution in [0.3, 0.4) is 0 Å². The molecule has 1 aliphatic heterocycles. The summed E-state index contributed by atoms with van der Waals surface area (Å²) in [7, 11) is 0. The fourth-order valence-corrected chi connectivity index (χ4v) is 2.84. The molecule has 26 heavy (non-hydrogen) atoms. The third kappa shape index (κ3) is 4.41. The standard InChI is InChI=1S/C20H22ClNO4/c1-3-17(26-16-7-5-15(21)6-8-16)20(23)22-13(2)14-4-9-18-19(12-14)25-11-10-24-18/h4-9,12-13,17H,3,10-11H2,1-2H3,(H,22,23). The summed E-state index contributed by atoms with van der Waals surface area (Å²) in [5.74, 6) is 1.89. The topological polar surface area (TPSA) is 56.8 Å². The van der Waals surface area contributed by atoms with Crippen molar-refractivity contribution in [3.05, 3.63) is 53.1 Å². The summed E-state index contributed by atoms with van der Waals surface area (Å²) in [6.45, 7) is 4.93. The third-order valence-corrected chi connectivity index (χ3v) is 4.43. The summed E-state index contributed by atoms with van der Waals surface area (Å²) in [6, 6.07) is 12.5. The molecule has 0 spiro atoms. The van der Waals surface area contributed by atoms with Gasteiger partial charge >= 0.3 is 0 Å². The summed E-state index contributed by atoms with van der Waals surface area (Å²) in [5.41, 5.74) is 0.948. The van der Waals surface area contributed by atoms with Crippen molar-refractivity contribution in [2.75, 3.05) is 13.2 Å². The van der Waals surface area contributed by atoms with E-state index in [1.165, 1.54) is 0 Å². The quantitative estimate of drug-likeness (QED) is 0.824. The highest BCUT2D eigenvalue weighted by molar-refractivity contribution is 6.30. The van der Waals surface area contributed by atoms with Crippen LogP contribution in [0.2, 0.25) is 5.02 Å². The lowest BCUT2D eigenvalue weighted by atomic mass is 10.1. The maximum atomic E-state index is 12.6. The minimum Gasteiger partial charge on any atom is -0.486 e. The zero-order valence-electron chi connectivity index (χ0n) is 14.8. The predicted molar refractivity (Wildman–Crippen MR) is 100 cm³/mol. The van der Waals surface area contributed by atoms with Gasteiger partial charge in [-0.25, -0.2) is 0 Å². The molecule has 5 nitrogen and oxygen atoms in total. The second kappa shape index (κ2) is 8.32. The van der Waals surface area contributed by atoms with Crippen LogP contribution in [0.25, 0.3) is 0 Å². The molecular weight excluding hydrogens is 354 g/mol. The lowest BCUT2D eigenvalue weighted by molar-refractivity contribution is -0.128. The second-order valence-electron chi connectivity index (χ2n) is 6.10. The van der Waals surface area contributed by atoms with Gasteiger partial charge in [0.05, 0.1) is 6.04 Å². The maximum Gasteiger partial charge on any atom is 0.261 e. The lowest BCUT2D eigenvalue weighted by Gasteiger charge is -2.23. The first-order chi connectivity index (χ1) is 12.6. The van der Waals surface area contributed by atoms with Crippen molar-refractivity contribution >= 4 is 17.5 Å². The van der Waals surface area contributed by atoms with E-state index in [9.17, 15) is 4.79 Å². The molecule has 3 rings (SSSR count). The Kier molecular flexibility index (Phi) is 5.89. The van der Waals surface area contributed by atoms with Crippen LogP contribution in [-0.2, 0) is 4.79 Å². The van der Waals surface area contributed by atoms with E-state index < -0.39 is 6.10 Å². The second-order valence-corrected chi connectivity index (χ2v) is 6.54.